The van der Waals surface area contributed by atoms with Crippen LogP contribution < -0.4 is 0 Å². The first-order valence-electron chi connectivity index (χ1n) is 0.781. The molecule has 0 aliphatic carbocycles. The summed E-state index contributed by atoms with van der Waals surface area (Å²) in [4.78, 5) is 0. The topological polar surface area (TPSA) is 0 Å². The molecule has 0 aliphatic rings. The average molecular weight is 541 g/mol. The van der Waals surface area contributed by atoms with Crippen molar-refractivity contribution in [2.45, 2.75) is 0 Å². The SMILES string of the molecule is I.S=S.S=S.[3H-].[3H-].[B][B].[Cl][Au].[Mg+2]. The van der Waals surface area contributed by atoms with Crippen molar-refractivity contribution < 1.29 is 22.8 Å². The van der Waals surface area contributed by atoms with Gasteiger partial charge in [0.2, 0.25) is 0 Å². The predicted octanol–water partition coefficient (Wildman–Crippen LogP) is 0.378. The molecule has 0 rings (SSSR count). The van der Waals surface area contributed by atoms with Gasteiger partial charge in [0.15, 0.2) is 0 Å². The molecule has 0 unspecified atom stereocenters. The van der Waals surface area contributed by atoms with Crippen LogP contribution in [0.4, 0.5) is 0 Å². The van der Waals surface area contributed by atoms with E-state index in [4.69, 9.17) is 0 Å². The van der Waals surface area contributed by atoms with Crippen molar-refractivity contribution in [3.05, 3.63) is 0 Å². The molecular weight excluding hydrogens is 534 g/mol. The Kier molecular flexibility index (Phi) is 500. The van der Waals surface area contributed by atoms with Gasteiger partial charge in [-0.15, -0.1) is 24.0 Å². The van der Waals surface area contributed by atoms with Crippen LogP contribution in [-0.2, 0) is 64.7 Å². The summed E-state index contributed by atoms with van der Waals surface area (Å²) in [6.45, 7) is 0. The molecule has 0 aromatic rings. The third kappa shape index (κ3) is 102. The first-order valence-corrected chi connectivity index (χ1v) is 6.13. The van der Waals surface area contributed by atoms with E-state index < -0.39 is 0 Å². The van der Waals surface area contributed by atoms with E-state index in [1.807, 2.05) is 0 Å². The first kappa shape index (κ1) is 37.5. The van der Waals surface area contributed by atoms with Gasteiger partial charge in [-0.3, -0.25) is 0 Å². The van der Waals surface area contributed by atoms with Gasteiger partial charge in [0.05, 0.1) is 0 Å². The van der Waals surface area contributed by atoms with Crippen LogP contribution in [0.25, 0.3) is 0 Å². The van der Waals surface area contributed by atoms with Gasteiger partial charge >= 0.3 is 52.2 Å². The molecule has 0 amide bonds. The summed E-state index contributed by atoms with van der Waals surface area (Å²) in [7, 11) is 12.6. The summed E-state index contributed by atoms with van der Waals surface area (Å²) in [5.41, 5.74) is 0. The molecule has 10 heteroatoms. The van der Waals surface area contributed by atoms with E-state index >= 15 is 0 Å². The Bertz CT molecular complexity index is 33.0. The van der Waals surface area contributed by atoms with Crippen LogP contribution in [0.2, 0.25) is 0 Å². The molecule has 60 valence electrons. The van der Waals surface area contributed by atoms with Gasteiger partial charge in [-0.1, -0.05) is 0 Å². The molecule has 0 nitrogen and oxygen atoms in total. The molecule has 0 N–H and O–H groups in total. The van der Waals surface area contributed by atoms with Gasteiger partial charge in [-0.25, -0.2) is 0 Å². The summed E-state index contributed by atoms with van der Waals surface area (Å²) in [5, 5.41) is 0. The Morgan fingerprint density at radius 1 is 1.00 bits per heavy atom. The Labute approximate surface area is 137 Å². The monoisotopic (exact) mass is 540 g/mol. The van der Waals surface area contributed by atoms with E-state index in [1.54, 1.807) is 20.0 Å². The largest absolute Gasteiger partial charge is 2.00 e. The normalized spacial score (nSPS) is 1.90. The second kappa shape index (κ2) is 133. The van der Waals surface area contributed by atoms with E-state index in [1.165, 1.54) is 0 Å². The fourth-order valence-electron chi connectivity index (χ4n) is 0. The molecule has 0 bridgehead atoms. The minimum absolute atomic E-state index is 0. The van der Waals surface area contributed by atoms with E-state index in [9.17, 15) is 0 Å². The van der Waals surface area contributed by atoms with Crippen LogP contribution in [0.3, 0.4) is 0 Å². The van der Waals surface area contributed by atoms with Gasteiger partial charge in [-0.05, 0) is 0 Å². The minimum Gasteiger partial charge on any atom is 2.00 e. The standard InChI is InChI=1S/Au.B2.ClH.HI.Mg.2S2.2H/c;1-2;;;;2*1-2;;/h;;2*1H;;;;;/q+1;;;;+2;;;2*-1/p-1/i;;;;;;;2*1+2. The van der Waals surface area contributed by atoms with Gasteiger partial charge in [0.1, 0.15) is 0 Å². The molecule has 4 radical (unpaired) electrons. The second-order valence-corrected chi connectivity index (χ2v) is 0. The molecule has 0 aromatic carbocycles. The van der Waals surface area contributed by atoms with Crippen molar-refractivity contribution in [1.82, 2.24) is 0 Å². The molecule has 0 saturated heterocycles. The molecule has 0 atom stereocenters. The third-order valence-corrected chi connectivity index (χ3v) is 0. The summed E-state index contributed by atoms with van der Waals surface area (Å²) >= 11 is 16.4. The fraction of sp³-hybridized carbons (Fsp3) is 0. The van der Waals surface area contributed by atoms with Crippen LogP contribution >= 0.6 is 33.2 Å². The fourth-order valence-corrected chi connectivity index (χ4v) is 0. The zero-order valence-corrected chi connectivity index (χ0v) is 14.5. The smallest absolute Gasteiger partial charge is 2.00 e. The van der Waals surface area contributed by atoms with Gasteiger partial charge < -0.3 is 2.85 Å². The molecule has 10 heavy (non-hydrogen) atoms. The van der Waals surface area contributed by atoms with Crippen molar-refractivity contribution in [2.24, 2.45) is 0 Å². The van der Waals surface area contributed by atoms with Gasteiger partial charge in [0.25, 0.3) is 0 Å². The molecule has 0 aliphatic heterocycles. The van der Waals surface area contributed by atoms with Crippen LogP contribution in [0.5, 0.6) is 0 Å². The Balaban J connectivity index is -0.00000000267. The van der Waals surface area contributed by atoms with Crippen LogP contribution in [0, 0.1) is 0 Å². The summed E-state index contributed by atoms with van der Waals surface area (Å²) < 4.78 is 0. The summed E-state index contributed by atoms with van der Waals surface area (Å²) in [6.07, 6.45) is 0. The molecular formula is H3AuB2ClIMgS4. The molecule has 0 heterocycles. The first-order chi connectivity index (χ1) is 4.00. The van der Waals surface area contributed by atoms with Crippen molar-refractivity contribution >= 4 is 116 Å². The van der Waals surface area contributed by atoms with Crippen molar-refractivity contribution in [2.75, 3.05) is 0 Å². The van der Waals surface area contributed by atoms with Gasteiger partial charge in [0, 0.05) is 60.2 Å². The maximum Gasteiger partial charge on any atom is 2.00 e. The second-order valence-electron chi connectivity index (χ2n) is 0. The van der Waals surface area contributed by atoms with Crippen LogP contribution in [0.15, 0.2) is 0 Å². The molecule has 0 saturated carbocycles. The van der Waals surface area contributed by atoms with E-state index in [0.29, 0.717) is 0 Å². The minimum atomic E-state index is 0. The molecule has 0 fully saturated rings. The predicted molar refractivity (Wildman–Crippen MR) is 70.2 cm³/mol. The van der Waals surface area contributed by atoms with Crippen molar-refractivity contribution in [3.63, 3.8) is 0 Å². The number of rotatable bonds is 0. The van der Waals surface area contributed by atoms with Gasteiger partial charge in [-0.2, -0.15) is 0 Å². The quantitative estimate of drug-likeness (QED) is 0.322. The summed E-state index contributed by atoms with van der Waals surface area (Å²) in [5.74, 6) is 0. The van der Waals surface area contributed by atoms with Crippen LogP contribution in [0.1, 0.15) is 2.85 Å². The van der Waals surface area contributed by atoms with Crippen LogP contribution in [-0.4, -0.2) is 38.5 Å². The maximum absolute atomic E-state index is 4.58. The summed E-state index contributed by atoms with van der Waals surface area (Å²) in [6, 6.07) is 0. The zero-order chi connectivity index (χ0) is 8.00. The Morgan fingerprint density at radius 2 is 1.00 bits per heavy atom. The average Bonchev–Trinajstić information content (AvgIpc) is 2.03. The zero-order valence-electron chi connectivity index (χ0n) is 6.58. The van der Waals surface area contributed by atoms with E-state index in [2.05, 4.69) is 69.4 Å². The van der Waals surface area contributed by atoms with E-state index in [0.717, 1.165) is 0 Å². The number of hydrogen-bond donors (Lipinski definition) is 0. The van der Waals surface area contributed by atoms with Crippen molar-refractivity contribution in [3.8, 4) is 0 Å². The Hall–Kier alpha value is 3.54. The Morgan fingerprint density at radius 3 is 1.00 bits per heavy atom. The van der Waals surface area contributed by atoms with E-state index in [-0.39, 0.29) is 49.9 Å². The molecule has 0 aromatic heterocycles. The molecule has 0 spiro atoms. The number of halogens is 2. The maximum atomic E-state index is 4.58. The number of hydrogen-bond acceptors (Lipinski definition) is 4. The third-order valence-electron chi connectivity index (χ3n) is 0. The van der Waals surface area contributed by atoms with Crippen molar-refractivity contribution in [1.29, 1.82) is 0 Å².